The summed E-state index contributed by atoms with van der Waals surface area (Å²) in [5, 5.41) is 14.5. The maximum Gasteiger partial charge on any atom is 0.272 e. The highest BCUT2D eigenvalue weighted by Gasteiger charge is 2.12. The summed E-state index contributed by atoms with van der Waals surface area (Å²) in [7, 11) is 0. The molecule has 110 valence electrons. The molecule has 0 aliphatic heterocycles. The number of hydrogen-bond donors (Lipinski definition) is 1. The van der Waals surface area contributed by atoms with E-state index in [0.717, 1.165) is 5.56 Å². The first kappa shape index (κ1) is 15.4. The Hall–Kier alpha value is -1.98. The summed E-state index contributed by atoms with van der Waals surface area (Å²) in [5.74, 6) is -0.345. The first-order valence-corrected chi connectivity index (χ1v) is 6.74. The van der Waals surface area contributed by atoms with E-state index in [2.05, 4.69) is 5.32 Å². The highest BCUT2D eigenvalue weighted by atomic mass is 35.5. The van der Waals surface area contributed by atoms with Crippen molar-refractivity contribution in [1.29, 1.82) is 0 Å². The van der Waals surface area contributed by atoms with E-state index >= 15 is 0 Å². The fourth-order valence-electron chi connectivity index (χ4n) is 2.07. The zero-order chi connectivity index (χ0) is 15.4. The number of nitrogens with zero attached hydrogens (tertiary/aromatic N) is 1. The van der Waals surface area contributed by atoms with Crippen LogP contribution in [-0.4, -0.2) is 4.92 Å². The summed E-state index contributed by atoms with van der Waals surface area (Å²) in [6.07, 6.45) is 0. The number of nitrogens with one attached hydrogen (secondary N) is 1. The van der Waals surface area contributed by atoms with Crippen molar-refractivity contribution in [3.05, 3.63) is 74.0 Å². The topological polar surface area (TPSA) is 55.2 Å². The Balaban J connectivity index is 2.05. The molecule has 21 heavy (non-hydrogen) atoms. The van der Waals surface area contributed by atoms with Crippen molar-refractivity contribution in [2.45, 2.75) is 20.0 Å². The Kier molecular flexibility index (Phi) is 4.88. The third kappa shape index (κ3) is 3.77. The molecule has 2 aromatic rings. The number of nitro groups is 1. The number of benzene rings is 2. The summed E-state index contributed by atoms with van der Waals surface area (Å²) < 4.78 is 13.1. The summed E-state index contributed by atoms with van der Waals surface area (Å²) in [4.78, 5) is 10.5. The molecule has 0 saturated carbocycles. The lowest BCUT2D eigenvalue weighted by molar-refractivity contribution is -0.385. The molecule has 4 nitrogen and oxygen atoms in total. The predicted octanol–water partition coefficient (Wildman–Crippen LogP) is 3.99. The van der Waals surface area contributed by atoms with E-state index < -0.39 is 4.92 Å². The molecule has 0 atom stereocenters. The van der Waals surface area contributed by atoms with Gasteiger partial charge in [-0.15, -0.1) is 0 Å². The summed E-state index contributed by atoms with van der Waals surface area (Å²) in [5.41, 5.74) is 2.20. The lowest BCUT2D eigenvalue weighted by Gasteiger charge is -2.09. The highest BCUT2D eigenvalue weighted by Crippen LogP contribution is 2.21. The Morgan fingerprint density at radius 2 is 1.95 bits per heavy atom. The molecule has 1 N–H and O–H groups in total. The molecule has 0 spiro atoms. The van der Waals surface area contributed by atoms with Gasteiger partial charge in [0, 0.05) is 29.7 Å². The van der Waals surface area contributed by atoms with E-state index in [1.165, 1.54) is 24.3 Å². The molecular formula is C15H14ClFN2O2. The Morgan fingerprint density at radius 1 is 1.24 bits per heavy atom. The van der Waals surface area contributed by atoms with Gasteiger partial charge in [0.15, 0.2) is 0 Å². The van der Waals surface area contributed by atoms with Crippen LogP contribution in [0.5, 0.6) is 0 Å². The average molecular weight is 309 g/mol. The first-order chi connectivity index (χ1) is 9.99. The van der Waals surface area contributed by atoms with Crippen molar-refractivity contribution >= 4 is 17.3 Å². The van der Waals surface area contributed by atoms with E-state index in [0.29, 0.717) is 29.2 Å². The van der Waals surface area contributed by atoms with Gasteiger partial charge in [-0.1, -0.05) is 23.7 Å². The van der Waals surface area contributed by atoms with Gasteiger partial charge in [0.05, 0.1) is 4.92 Å². The smallest absolute Gasteiger partial charge is 0.272 e. The highest BCUT2D eigenvalue weighted by molar-refractivity contribution is 6.31. The van der Waals surface area contributed by atoms with Crippen molar-refractivity contribution in [2.75, 3.05) is 0 Å². The fourth-order valence-corrected chi connectivity index (χ4v) is 2.25. The molecule has 0 saturated heterocycles. The van der Waals surface area contributed by atoms with Crippen LogP contribution < -0.4 is 5.32 Å². The first-order valence-electron chi connectivity index (χ1n) is 6.36. The van der Waals surface area contributed by atoms with E-state index in [-0.39, 0.29) is 11.5 Å². The van der Waals surface area contributed by atoms with Gasteiger partial charge in [0.25, 0.3) is 5.69 Å². The van der Waals surface area contributed by atoms with Gasteiger partial charge in [0.1, 0.15) is 5.82 Å². The number of hydrogen-bond acceptors (Lipinski definition) is 3. The zero-order valence-corrected chi connectivity index (χ0v) is 12.2. The average Bonchev–Trinajstić information content (AvgIpc) is 2.44. The lowest BCUT2D eigenvalue weighted by atomic mass is 10.1. The second-order valence-electron chi connectivity index (χ2n) is 4.66. The van der Waals surface area contributed by atoms with Crippen molar-refractivity contribution in [1.82, 2.24) is 5.32 Å². The van der Waals surface area contributed by atoms with Gasteiger partial charge in [-0.25, -0.2) is 4.39 Å². The Labute approximate surface area is 126 Å². The predicted molar refractivity (Wildman–Crippen MR) is 79.8 cm³/mol. The van der Waals surface area contributed by atoms with Gasteiger partial charge < -0.3 is 5.32 Å². The largest absolute Gasteiger partial charge is 0.309 e. The number of halogens is 2. The van der Waals surface area contributed by atoms with Crippen molar-refractivity contribution < 1.29 is 9.31 Å². The van der Waals surface area contributed by atoms with Gasteiger partial charge >= 0.3 is 0 Å². The standard InChI is InChI=1S/C15H14ClFN2O2/c1-10-11(3-2-4-15(10)19(20)21)8-18-9-12-7-13(17)5-6-14(12)16/h2-7,18H,8-9H2,1H3. The van der Waals surface area contributed by atoms with Crippen LogP contribution in [0.3, 0.4) is 0 Å². The van der Waals surface area contributed by atoms with E-state index in [1.54, 1.807) is 13.0 Å². The van der Waals surface area contributed by atoms with Crippen LogP contribution in [0.25, 0.3) is 0 Å². The normalized spacial score (nSPS) is 10.6. The van der Waals surface area contributed by atoms with Crippen molar-refractivity contribution in [3.63, 3.8) is 0 Å². The third-order valence-electron chi connectivity index (χ3n) is 3.25. The third-order valence-corrected chi connectivity index (χ3v) is 3.62. The molecule has 0 radical (unpaired) electrons. The number of rotatable bonds is 5. The molecule has 0 aromatic heterocycles. The van der Waals surface area contributed by atoms with Gasteiger partial charge in [-0.05, 0) is 36.2 Å². The minimum absolute atomic E-state index is 0.0955. The summed E-state index contributed by atoms with van der Waals surface area (Å²) in [6.45, 7) is 2.55. The minimum Gasteiger partial charge on any atom is -0.309 e. The lowest BCUT2D eigenvalue weighted by Crippen LogP contribution is -2.14. The fraction of sp³-hybridized carbons (Fsp3) is 0.200. The van der Waals surface area contributed by atoms with E-state index in [9.17, 15) is 14.5 Å². The summed E-state index contributed by atoms with van der Waals surface area (Å²) >= 11 is 5.98. The maximum absolute atomic E-state index is 13.1. The van der Waals surface area contributed by atoms with Crippen LogP contribution in [-0.2, 0) is 13.1 Å². The molecule has 0 heterocycles. The maximum atomic E-state index is 13.1. The monoisotopic (exact) mass is 308 g/mol. The number of nitro benzene ring substituents is 1. The second kappa shape index (κ2) is 6.65. The molecule has 0 bridgehead atoms. The van der Waals surface area contributed by atoms with Gasteiger partial charge in [0.2, 0.25) is 0 Å². The Bertz CT molecular complexity index is 677. The molecule has 6 heteroatoms. The Morgan fingerprint density at radius 3 is 2.67 bits per heavy atom. The van der Waals surface area contributed by atoms with E-state index in [1.807, 2.05) is 6.07 Å². The van der Waals surface area contributed by atoms with Gasteiger partial charge in [-0.2, -0.15) is 0 Å². The molecule has 2 aromatic carbocycles. The van der Waals surface area contributed by atoms with Crippen LogP contribution >= 0.6 is 11.6 Å². The van der Waals surface area contributed by atoms with Crippen molar-refractivity contribution in [2.24, 2.45) is 0 Å². The van der Waals surface area contributed by atoms with Crippen LogP contribution in [0.2, 0.25) is 5.02 Å². The minimum atomic E-state index is -0.401. The summed E-state index contributed by atoms with van der Waals surface area (Å²) in [6, 6.07) is 9.13. The molecule has 0 fully saturated rings. The van der Waals surface area contributed by atoms with E-state index in [4.69, 9.17) is 11.6 Å². The SMILES string of the molecule is Cc1c(CNCc2cc(F)ccc2Cl)cccc1[N+](=O)[O-]. The second-order valence-corrected chi connectivity index (χ2v) is 5.06. The molecular weight excluding hydrogens is 295 g/mol. The molecule has 0 unspecified atom stereocenters. The van der Waals surface area contributed by atoms with Crippen LogP contribution in [0.15, 0.2) is 36.4 Å². The van der Waals surface area contributed by atoms with Crippen LogP contribution in [0.4, 0.5) is 10.1 Å². The van der Waals surface area contributed by atoms with Crippen LogP contribution in [0, 0.1) is 22.9 Å². The zero-order valence-electron chi connectivity index (χ0n) is 11.4. The molecule has 0 aliphatic rings. The van der Waals surface area contributed by atoms with Crippen LogP contribution in [0.1, 0.15) is 16.7 Å². The van der Waals surface area contributed by atoms with Gasteiger partial charge in [-0.3, -0.25) is 10.1 Å². The molecule has 0 amide bonds. The molecule has 0 aliphatic carbocycles. The van der Waals surface area contributed by atoms with Crippen molar-refractivity contribution in [3.8, 4) is 0 Å². The quantitative estimate of drug-likeness (QED) is 0.671. The molecule has 2 rings (SSSR count).